The summed E-state index contributed by atoms with van der Waals surface area (Å²) >= 11 is 0. The average Bonchev–Trinajstić information content (AvgIpc) is 3.09. The maximum absolute atomic E-state index is 12.8. The van der Waals surface area contributed by atoms with E-state index in [4.69, 9.17) is 4.74 Å². The fourth-order valence-corrected chi connectivity index (χ4v) is 3.28. The summed E-state index contributed by atoms with van der Waals surface area (Å²) in [6.07, 6.45) is 0.829. The highest BCUT2D eigenvalue weighted by Crippen LogP contribution is 2.25. The Balaban J connectivity index is 1.68. The van der Waals surface area contributed by atoms with E-state index in [1.807, 2.05) is 56.3 Å². The zero-order valence-corrected chi connectivity index (χ0v) is 14.7. The molecule has 128 valence electrons. The molecule has 1 saturated heterocycles. The first-order valence-electron chi connectivity index (χ1n) is 8.15. The summed E-state index contributed by atoms with van der Waals surface area (Å²) in [5.41, 5.74) is 2.09. The van der Waals surface area contributed by atoms with Gasteiger partial charge in [-0.1, -0.05) is 12.1 Å². The molecule has 0 spiro atoms. The number of rotatable bonds is 5. The fourth-order valence-electron chi connectivity index (χ4n) is 3.28. The Morgan fingerprint density at radius 3 is 2.62 bits per heavy atom. The van der Waals surface area contributed by atoms with Crippen molar-refractivity contribution in [1.29, 1.82) is 0 Å². The van der Waals surface area contributed by atoms with Crippen molar-refractivity contribution in [3.8, 4) is 5.75 Å². The Morgan fingerprint density at radius 2 is 2.04 bits per heavy atom. The zero-order valence-electron chi connectivity index (χ0n) is 14.7. The van der Waals surface area contributed by atoms with Crippen LogP contribution in [0.15, 0.2) is 30.3 Å². The quantitative estimate of drug-likeness (QED) is 0.842. The van der Waals surface area contributed by atoms with Gasteiger partial charge in [-0.3, -0.25) is 19.3 Å². The first kappa shape index (κ1) is 16.5. The molecule has 0 aliphatic carbocycles. The van der Waals surface area contributed by atoms with E-state index in [0.717, 1.165) is 36.8 Å². The molecule has 0 saturated carbocycles. The largest absolute Gasteiger partial charge is 0.497 e. The van der Waals surface area contributed by atoms with E-state index in [2.05, 4.69) is 10.00 Å². The van der Waals surface area contributed by atoms with Crippen LogP contribution in [0.1, 0.15) is 17.7 Å². The number of methoxy groups -OCH3 is 1. The third-order valence-corrected chi connectivity index (χ3v) is 4.55. The number of aromatic nitrogens is 2. The fraction of sp³-hybridized carbons (Fsp3) is 0.444. The van der Waals surface area contributed by atoms with Crippen LogP contribution in [0.3, 0.4) is 0 Å². The number of carbonyl (C=O) groups excluding carboxylic acids is 1. The molecule has 1 fully saturated rings. The lowest BCUT2D eigenvalue weighted by Crippen LogP contribution is -2.39. The topological polar surface area (TPSA) is 50.6 Å². The van der Waals surface area contributed by atoms with E-state index in [0.29, 0.717) is 0 Å². The van der Waals surface area contributed by atoms with Crippen molar-refractivity contribution in [3.63, 3.8) is 0 Å². The second kappa shape index (κ2) is 6.65. The maximum atomic E-state index is 12.8. The third kappa shape index (κ3) is 3.14. The van der Waals surface area contributed by atoms with E-state index >= 15 is 0 Å². The predicted molar refractivity (Wildman–Crippen MR) is 93.2 cm³/mol. The normalized spacial score (nSPS) is 17.8. The molecule has 3 rings (SSSR count). The van der Waals surface area contributed by atoms with Crippen molar-refractivity contribution < 1.29 is 9.53 Å². The molecule has 1 aromatic carbocycles. The van der Waals surface area contributed by atoms with Crippen LogP contribution in [-0.4, -0.2) is 47.3 Å². The van der Waals surface area contributed by atoms with Crippen molar-refractivity contribution >= 4 is 11.7 Å². The molecule has 1 atom stereocenters. The minimum atomic E-state index is -0.0951. The molecule has 1 aliphatic heterocycles. The van der Waals surface area contributed by atoms with Crippen molar-refractivity contribution in [2.75, 3.05) is 25.6 Å². The molecule has 1 aromatic heterocycles. The summed E-state index contributed by atoms with van der Waals surface area (Å²) in [4.78, 5) is 16.8. The molecule has 2 heterocycles. The molecular weight excluding hydrogens is 304 g/mol. The van der Waals surface area contributed by atoms with E-state index in [9.17, 15) is 4.79 Å². The second-order valence-corrected chi connectivity index (χ2v) is 6.33. The minimum Gasteiger partial charge on any atom is -0.497 e. The van der Waals surface area contributed by atoms with Crippen LogP contribution in [0.4, 0.5) is 5.82 Å². The number of hydrogen-bond donors (Lipinski definition) is 0. The second-order valence-electron chi connectivity index (χ2n) is 6.33. The zero-order chi connectivity index (χ0) is 17.3. The minimum absolute atomic E-state index is 0.0951. The Kier molecular flexibility index (Phi) is 4.57. The van der Waals surface area contributed by atoms with Crippen LogP contribution in [0.25, 0.3) is 0 Å². The van der Waals surface area contributed by atoms with Gasteiger partial charge < -0.3 is 4.74 Å². The molecule has 0 N–H and O–H groups in total. The highest BCUT2D eigenvalue weighted by molar-refractivity contribution is 5.98. The summed E-state index contributed by atoms with van der Waals surface area (Å²) in [5.74, 6) is 1.86. The number of aryl methyl sites for hydroxylation is 2. The van der Waals surface area contributed by atoms with Crippen LogP contribution < -0.4 is 9.64 Å². The van der Waals surface area contributed by atoms with Crippen LogP contribution in [-0.2, 0) is 18.4 Å². The van der Waals surface area contributed by atoms with Crippen molar-refractivity contribution in [2.24, 2.45) is 7.05 Å². The van der Waals surface area contributed by atoms with E-state index in [1.54, 1.807) is 11.8 Å². The predicted octanol–water partition coefficient (Wildman–Crippen LogP) is 1.97. The molecule has 0 radical (unpaired) electrons. The molecule has 2 aromatic rings. The van der Waals surface area contributed by atoms with Gasteiger partial charge in [-0.25, -0.2) is 0 Å². The van der Waals surface area contributed by atoms with Crippen LogP contribution in [0, 0.1) is 6.92 Å². The van der Waals surface area contributed by atoms with Gasteiger partial charge in [0.2, 0.25) is 5.91 Å². The Morgan fingerprint density at radius 1 is 1.33 bits per heavy atom. The van der Waals surface area contributed by atoms with E-state index in [1.165, 1.54) is 5.56 Å². The number of carbonyl (C=O) groups is 1. The number of benzene rings is 1. The number of ether oxygens (including phenoxy) is 1. The van der Waals surface area contributed by atoms with Gasteiger partial charge in [-0.15, -0.1) is 0 Å². The monoisotopic (exact) mass is 328 g/mol. The number of likely N-dealkylation sites (N-methyl/N-ethyl adjacent to an activating group) is 1. The van der Waals surface area contributed by atoms with Gasteiger partial charge in [0, 0.05) is 26.2 Å². The molecule has 6 heteroatoms. The standard InChI is InChI=1S/C18H24N4O2/c1-13-11-17(21(3)19-13)22-10-9-16(18(22)23)20(2)12-14-5-7-15(24-4)8-6-14/h5-8,11,16H,9-10,12H2,1-4H3/t16-/m1/s1. The third-order valence-electron chi connectivity index (χ3n) is 4.55. The molecule has 0 bridgehead atoms. The molecule has 1 aliphatic rings. The lowest BCUT2D eigenvalue weighted by atomic mass is 10.1. The molecule has 1 amide bonds. The van der Waals surface area contributed by atoms with Gasteiger partial charge in [-0.2, -0.15) is 5.10 Å². The van der Waals surface area contributed by atoms with Gasteiger partial charge in [-0.05, 0) is 38.1 Å². The highest BCUT2D eigenvalue weighted by atomic mass is 16.5. The van der Waals surface area contributed by atoms with Crippen LogP contribution >= 0.6 is 0 Å². The number of hydrogen-bond acceptors (Lipinski definition) is 4. The summed E-state index contributed by atoms with van der Waals surface area (Å²) in [7, 11) is 5.54. The Labute approximate surface area is 142 Å². The first-order valence-corrected chi connectivity index (χ1v) is 8.15. The Bertz CT molecular complexity index is 723. The molecule has 24 heavy (non-hydrogen) atoms. The maximum Gasteiger partial charge on any atom is 0.245 e. The Hall–Kier alpha value is -2.34. The van der Waals surface area contributed by atoms with Gasteiger partial charge in [0.15, 0.2) is 0 Å². The first-order chi connectivity index (χ1) is 11.5. The summed E-state index contributed by atoms with van der Waals surface area (Å²) in [6, 6.07) is 9.84. The van der Waals surface area contributed by atoms with E-state index in [-0.39, 0.29) is 11.9 Å². The summed E-state index contributed by atoms with van der Waals surface area (Å²) in [5, 5.41) is 4.34. The van der Waals surface area contributed by atoms with Gasteiger partial charge in [0.05, 0.1) is 18.8 Å². The summed E-state index contributed by atoms with van der Waals surface area (Å²) < 4.78 is 6.96. The number of nitrogens with zero attached hydrogens (tertiary/aromatic N) is 4. The number of amides is 1. The highest BCUT2D eigenvalue weighted by Gasteiger charge is 2.36. The van der Waals surface area contributed by atoms with Crippen LogP contribution in [0.2, 0.25) is 0 Å². The average molecular weight is 328 g/mol. The smallest absolute Gasteiger partial charge is 0.245 e. The lowest BCUT2D eigenvalue weighted by Gasteiger charge is -2.23. The van der Waals surface area contributed by atoms with Crippen LogP contribution in [0.5, 0.6) is 5.75 Å². The van der Waals surface area contributed by atoms with Gasteiger partial charge in [0.1, 0.15) is 11.6 Å². The lowest BCUT2D eigenvalue weighted by molar-refractivity contribution is -0.121. The SMILES string of the molecule is COc1ccc(CN(C)[C@@H]2CCN(c3cc(C)nn3C)C2=O)cc1. The molecule has 6 nitrogen and oxygen atoms in total. The molecular formula is C18H24N4O2. The van der Waals surface area contributed by atoms with Crippen molar-refractivity contribution in [1.82, 2.24) is 14.7 Å². The van der Waals surface area contributed by atoms with Crippen molar-refractivity contribution in [2.45, 2.75) is 25.9 Å². The van der Waals surface area contributed by atoms with Crippen molar-refractivity contribution in [3.05, 3.63) is 41.6 Å². The molecule has 0 unspecified atom stereocenters. The van der Waals surface area contributed by atoms with Gasteiger partial charge >= 0.3 is 0 Å². The van der Waals surface area contributed by atoms with E-state index < -0.39 is 0 Å². The number of anilines is 1. The van der Waals surface area contributed by atoms with Gasteiger partial charge in [0.25, 0.3) is 0 Å². The summed E-state index contributed by atoms with van der Waals surface area (Å²) in [6.45, 7) is 3.41.